The van der Waals surface area contributed by atoms with E-state index in [-0.39, 0.29) is 12.4 Å². The van der Waals surface area contributed by atoms with Crippen LogP contribution < -0.4 is 0 Å². The molecule has 0 unspecified atom stereocenters. The smallest absolute Gasteiger partial charge is 0.127 e. The standard InChI is InChI=1S/C22H28FNO/c1-2-3-16-4-6-17(7-5-16)20-10-11-22(24-15-20)19-9-8-18(12-13-25)21(23)14-19/h8-11,14-17,25H,2-7,12-13H2,1H3. The van der Waals surface area contributed by atoms with E-state index in [4.69, 9.17) is 5.11 Å². The molecule has 0 saturated heterocycles. The number of rotatable bonds is 6. The molecule has 1 saturated carbocycles. The van der Waals surface area contributed by atoms with Crippen LogP contribution >= 0.6 is 0 Å². The van der Waals surface area contributed by atoms with Crippen molar-refractivity contribution in [2.75, 3.05) is 6.61 Å². The van der Waals surface area contributed by atoms with Gasteiger partial charge in [-0.3, -0.25) is 4.98 Å². The lowest BCUT2D eigenvalue weighted by molar-refractivity contribution is 0.297. The molecule has 1 heterocycles. The fourth-order valence-electron chi connectivity index (χ4n) is 4.04. The third-order valence-corrected chi connectivity index (χ3v) is 5.53. The summed E-state index contributed by atoms with van der Waals surface area (Å²) in [6, 6.07) is 9.31. The minimum absolute atomic E-state index is 0.0380. The molecule has 1 aromatic heterocycles. The van der Waals surface area contributed by atoms with E-state index < -0.39 is 0 Å². The molecule has 0 amide bonds. The molecule has 1 fully saturated rings. The van der Waals surface area contributed by atoms with E-state index in [1.54, 1.807) is 6.07 Å². The molecule has 134 valence electrons. The molecule has 0 spiro atoms. The van der Waals surface area contributed by atoms with Gasteiger partial charge in [-0.25, -0.2) is 4.39 Å². The summed E-state index contributed by atoms with van der Waals surface area (Å²) in [7, 11) is 0. The first-order valence-electron chi connectivity index (χ1n) is 9.56. The van der Waals surface area contributed by atoms with E-state index >= 15 is 0 Å². The van der Waals surface area contributed by atoms with Gasteiger partial charge in [-0.05, 0) is 67.2 Å². The minimum atomic E-state index is -0.272. The van der Waals surface area contributed by atoms with Gasteiger partial charge in [0.1, 0.15) is 5.82 Å². The zero-order chi connectivity index (χ0) is 17.6. The molecule has 0 aliphatic heterocycles. The molecule has 25 heavy (non-hydrogen) atoms. The molecular formula is C22H28FNO. The highest BCUT2D eigenvalue weighted by Crippen LogP contribution is 2.37. The molecule has 2 aromatic rings. The maximum absolute atomic E-state index is 14.1. The van der Waals surface area contributed by atoms with Gasteiger partial charge in [0.15, 0.2) is 0 Å². The van der Waals surface area contributed by atoms with E-state index in [9.17, 15) is 4.39 Å². The Morgan fingerprint density at radius 2 is 1.92 bits per heavy atom. The summed E-state index contributed by atoms with van der Waals surface area (Å²) >= 11 is 0. The summed E-state index contributed by atoms with van der Waals surface area (Å²) in [4.78, 5) is 4.58. The highest BCUT2D eigenvalue weighted by Gasteiger charge is 2.22. The van der Waals surface area contributed by atoms with E-state index in [0.29, 0.717) is 17.9 Å². The van der Waals surface area contributed by atoms with Crippen LogP contribution in [0.15, 0.2) is 36.5 Å². The summed E-state index contributed by atoms with van der Waals surface area (Å²) in [5, 5.41) is 8.95. The van der Waals surface area contributed by atoms with Crippen LogP contribution in [0.4, 0.5) is 4.39 Å². The number of aliphatic hydroxyl groups excluding tert-OH is 1. The highest BCUT2D eigenvalue weighted by atomic mass is 19.1. The maximum Gasteiger partial charge on any atom is 0.127 e. The zero-order valence-corrected chi connectivity index (χ0v) is 15.0. The molecule has 2 nitrogen and oxygen atoms in total. The Labute approximate surface area is 150 Å². The molecular weight excluding hydrogens is 313 g/mol. The molecule has 0 radical (unpaired) electrons. The van der Waals surface area contributed by atoms with Gasteiger partial charge in [0, 0.05) is 18.4 Å². The second-order valence-electron chi connectivity index (χ2n) is 7.26. The van der Waals surface area contributed by atoms with Gasteiger partial charge in [0.25, 0.3) is 0 Å². The summed E-state index contributed by atoms with van der Waals surface area (Å²) < 4.78 is 14.1. The van der Waals surface area contributed by atoms with Gasteiger partial charge < -0.3 is 5.11 Å². The Kier molecular flexibility index (Phi) is 6.19. The van der Waals surface area contributed by atoms with Crippen molar-refractivity contribution in [3.05, 3.63) is 53.5 Å². The lowest BCUT2D eigenvalue weighted by Gasteiger charge is -2.28. The SMILES string of the molecule is CCCC1CCC(c2ccc(-c3ccc(CCO)c(F)c3)nc2)CC1. The first-order valence-corrected chi connectivity index (χ1v) is 9.56. The second-order valence-corrected chi connectivity index (χ2v) is 7.26. The quantitative estimate of drug-likeness (QED) is 0.753. The Morgan fingerprint density at radius 3 is 2.52 bits per heavy atom. The zero-order valence-electron chi connectivity index (χ0n) is 15.0. The molecule has 0 atom stereocenters. The molecule has 1 aliphatic rings. The summed E-state index contributed by atoms with van der Waals surface area (Å²) in [6.45, 7) is 2.23. The van der Waals surface area contributed by atoms with Crippen LogP contribution in [0.3, 0.4) is 0 Å². The molecule has 1 aromatic carbocycles. The van der Waals surface area contributed by atoms with E-state index in [1.165, 1.54) is 50.2 Å². The van der Waals surface area contributed by atoms with Crippen molar-refractivity contribution >= 4 is 0 Å². The van der Waals surface area contributed by atoms with Crippen molar-refractivity contribution in [2.24, 2.45) is 5.92 Å². The predicted octanol–water partition coefficient (Wildman–Crippen LogP) is 5.50. The van der Waals surface area contributed by atoms with Crippen LogP contribution in [0, 0.1) is 11.7 Å². The topological polar surface area (TPSA) is 33.1 Å². The number of nitrogens with zero attached hydrogens (tertiary/aromatic N) is 1. The number of aliphatic hydroxyl groups is 1. The average Bonchev–Trinajstić information content (AvgIpc) is 2.65. The number of hydrogen-bond acceptors (Lipinski definition) is 2. The predicted molar refractivity (Wildman–Crippen MR) is 100 cm³/mol. The van der Waals surface area contributed by atoms with Gasteiger partial charge in [0.2, 0.25) is 0 Å². The van der Waals surface area contributed by atoms with Crippen LogP contribution in [0.1, 0.15) is 62.5 Å². The van der Waals surface area contributed by atoms with Gasteiger partial charge >= 0.3 is 0 Å². The number of benzene rings is 1. The van der Waals surface area contributed by atoms with Crippen LogP contribution in [0.2, 0.25) is 0 Å². The number of halogens is 1. The molecule has 1 aliphatic carbocycles. The lowest BCUT2D eigenvalue weighted by atomic mass is 9.77. The van der Waals surface area contributed by atoms with Crippen LogP contribution in [-0.4, -0.2) is 16.7 Å². The van der Waals surface area contributed by atoms with Gasteiger partial charge in [-0.2, -0.15) is 0 Å². The first kappa shape index (κ1) is 18.1. The van der Waals surface area contributed by atoms with Crippen LogP contribution in [-0.2, 0) is 6.42 Å². The highest BCUT2D eigenvalue weighted by molar-refractivity contribution is 5.59. The van der Waals surface area contributed by atoms with Crippen LogP contribution in [0.5, 0.6) is 0 Å². The van der Waals surface area contributed by atoms with Crippen molar-refractivity contribution in [2.45, 2.75) is 57.8 Å². The monoisotopic (exact) mass is 341 g/mol. The normalized spacial score (nSPS) is 20.6. The van der Waals surface area contributed by atoms with Crippen LogP contribution in [0.25, 0.3) is 11.3 Å². The van der Waals surface area contributed by atoms with Gasteiger partial charge in [0.05, 0.1) is 5.69 Å². The maximum atomic E-state index is 14.1. The fourth-order valence-corrected chi connectivity index (χ4v) is 4.04. The Bertz CT molecular complexity index is 675. The largest absolute Gasteiger partial charge is 0.396 e. The number of pyridine rings is 1. The molecule has 3 heteroatoms. The Morgan fingerprint density at radius 1 is 1.12 bits per heavy atom. The fraction of sp³-hybridized carbons (Fsp3) is 0.500. The Hall–Kier alpha value is -1.74. The van der Waals surface area contributed by atoms with Crippen molar-refractivity contribution in [1.82, 2.24) is 4.98 Å². The summed E-state index contributed by atoms with van der Waals surface area (Å²) in [5.41, 5.74) is 3.46. The Balaban J connectivity index is 1.67. The molecule has 3 rings (SSSR count). The van der Waals surface area contributed by atoms with Gasteiger partial charge in [-0.15, -0.1) is 0 Å². The van der Waals surface area contributed by atoms with E-state index in [1.807, 2.05) is 18.3 Å². The molecule has 0 bridgehead atoms. The van der Waals surface area contributed by atoms with Crippen molar-refractivity contribution in [3.63, 3.8) is 0 Å². The van der Waals surface area contributed by atoms with Gasteiger partial charge in [-0.1, -0.05) is 38.0 Å². The lowest BCUT2D eigenvalue weighted by Crippen LogP contribution is -2.13. The second kappa shape index (κ2) is 8.57. The first-order chi connectivity index (χ1) is 12.2. The minimum Gasteiger partial charge on any atom is -0.396 e. The summed E-state index contributed by atoms with van der Waals surface area (Å²) in [5.74, 6) is 1.26. The molecule has 1 N–H and O–H groups in total. The number of aromatic nitrogens is 1. The number of hydrogen-bond donors (Lipinski definition) is 1. The van der Waals surface area contributed by atoms with E-state index in [0.717, 1.165) is 17.2 Å². The van der Waals surface area contributed by atoms with Crippen molar-refractivity contribution < 1.29 is 9.50 Å². The van der Waals surface area contributed by atoms with Crippen molar-refractivity contribution in [3.8, 4) is 11.3 Å². The van der Waals surface area contributed by atoms with Crippen molar-refractivity contribution in [1.29, 1.82) is 0 Å². The average molecular weight is 341 g/mol. The third-order valence-electron chi connectivity index (χ3n) is 5.53. The third kappa shape index (κ3) is 4.46. The summed E-state index contributed by atoms with van der Waals surface area (Å²) in [6.07, 6.45) is 10.2. The van der Waals surface area contributed by atoms with E-state index in [2.05, 4.69) is 18.0 Å².